The molecule has 1 fully saturated rings. The van der Waals surface area contributed by atoms with Gasteiger partial charge in [0.1, 0.15) is 0 Å². The second-order valence-corrected chi connectivity index (χ2v) is 5.61. The summed E-state index contributed by atoms with van der Waals surface area (Å²) in [7, 11) is -3.17. The van der Waals surface area contributed by atoms with E-state index in [1.54, 1.807) is 0 Å². The van der Waals surface area contributed by atoms with E-state index in [1.807, 2.05) is 0 Å². The lowest BCUT2D eigenvalue weighted by Crippen LogP contribution is -2.26. The van der Waals surface area contributed by atoms with Crippen LogP contribution in [0.4, 0.5) is 9.70 Å². The molecule has 0 saturated carbocycles. The summed E-state index contributed by atoms with van der Waals surface area (Å²) >= 11 is 0. The summed E-state index contributed by atoms with van der Waals surface area (Å²) < 4.78 is 38.7. The van der Waals surface area contributed by atoms with Gasteiger partial charge in [0.05, 0.1) is 25.3 Å². The Morgan fingerprint density at radius 3 is 2.89 bits per heavy atom. The molecule has 1 aliphatic heterocycles. The third-order valence-electron chi connectivity index (χ3n) is 2.73. The Balaban J connectivity index is 2.15. The van der Waals surface area contributed by atoms with Gasteiger partial charge in [-0.15, -0.1) is 3.89 Å². The summed E-state index contributed by atoms with van der Waals surface area (Å²) in [5.74, 6) is -1.03. The number of hydrogen-bond donors (Lipinski definition) is 0. The molecule has 2 heterocycles. The number of carbonyl (C=O) groups is 1. The topological polar surface area (TPSA) is 89.5 Å². The van der Waals surface area contributed by atoms with Crippen LogP contribution >= 0.6 is 0 Å². The lowest BCUT2D eigenvalue weighted by Gasteiger charge is -2.15. The predicted octanol–water partition coefficient (Wildman–Crippen LogP) is 0.137. The summed E-state index contributed by atoms with van der Waals surface area (Å²) in [5.41, 5.74) is 0. The van der Waals surface area contributed by atoms with E-state index < -0.39 is 21.9 Å². The molecule has 1 unspecified atom stereocenters. The second kappa shape index (κ2) is 5.08. The number of carbonyl (C=O) groups excluding carboxylic acids is 1. The molecule has 9 heteroatoms. The van der Waals surface area contributed by atoms with Crippen molar-refractivity contribution in [2.24, 2.45) is 5.92 Å². The zero-order valence-electron chi connectivity index (χ0n) is 10.1. The maximum atomic E-state index is 12.6. The van der Waals surface area contributed by atoms with Gasteiger partial charge in [-0.25, -0.2) is 0 Å². The number of ether oxygens (including phenoxy) is 1. The highest BCUT2D eigenvalue weighted by Crippen LogP contribution is 2.25. The summed E-state index contributed by atoms with van der Waals surface area (Å²) in [6.45, 7) is 0.101. The number of methoxy groups -OCH3 is 1. The van der Waals surface area contributed by atoms with E-state index in [9.17, 15) is 17.1 Å². The minimum atomic E-state index is -4.59. The normalized spacial score (nSPS) is 19.8. The summed E-state index contributed by atoms with van der Waals surface area (Å²) in [5, 5.41) is 0. The van der Waals surface area contributed by atoms with Gasteiger partial charge in [0.25, 0.3) is 0 Å². The van der Waals surface area contributed by atoms with E-state index >= 15 is 0 Å². The van der Waals surface area contributed by atoms with Crippen molar-refractivity contribution in [1.29, 1.82) is 0 Å². The molecular weight excluding hydrogens is 277 g/mol. The number of nitrogens with zero attached hydrogens (tertiary/aromatic N) is 3. The van der Waals surface area contributed by atoms with Crippen LogP contribution in [0.5, 0.6) is 5.88 Å². The van der Waals surface area contributed by atoms with Gasteiger partial charge in [0, 0.05) is 18.9 Å². The zero-order chi connectivity index (χ0) is 14.0. The van der Waals surface area contributed by atoms with Crippen molar-refractivity contribution in [3.63, 3.8) is 0 Å². The summed E-state index contributed by atoms with van der Waals surface area (Å²) in [6.07, 6.45) is 2.72. The van der Waals surface area contributed by atoms with Gasteiger partial charge in [-0.3, -0.25) is 14.7 Å². The fourth-order valence-corrected chi connectivity index (χ4v) is 2.75. The first-order chi connectivity index (χ1) is 8.89. The van der Waals surface area contributed by atoms with Crippen molar-refractivity contribution < 1.29 is 21.8 Å². The smallest absolute Gasteiger partial charge is 0.302 e. The van der Waals surface area contributed by atoms with Crippen molar-refractivity contribution in [3.05, 3.63) is 12.4 Å². The van der Waals surface area contributed by atoms with E-state index in [0.717, 1.165) is 0 Å². The van der Waals surface area contributed by atoms with Gasteiger partial charge in [-0.2, -0.15) is 13.4 Å². The molecule has 0 bridgehead atoms. The zero-order valence-corrected chi connectivity index (χ0v) is 10.9. The molecule has 1 atom stereocenters. The monoisotopic (exact) mass is 289 g/mol. The van der Waals surface area contributed by atoms with Crippen molar-refractivity contribution in [2.45, 2.75) is 6.42 Å². The Morgan fingerprint density at radius 2 is 2.26 bits per heavy atom. The van der Waals surface area contributed by atoms with Gasteiger partial charge >= 0.3 is 10.2 Å². The minimum Gasteiger partial charge on any atom is -0.480 e. The van der Waals surface area contributed by atoms with Crippen LogP contribution in [0.3, 0.4) is 0 Å². The van der Waals surface area contributed by atoms with E-state index in [4.69, 9.17) is 4.74 Å². The van der Waals surface area contributed by atoms with Gasteiger partial charge in [0.15, 0.2) is 5.82 Å². The molecule has 1 aromatic rings. The molecule has 7 nitrogen and oxygen atoms in total. The molecule has 0 aromatic carbocycles. The Bertz CT molecular complexity index is 592. The quantitative estimate of drug-likeness (QED) is 0.732. The Morgan fingerprint density at radius 1 is 1.53 bits per heavy atom. The molecule has 1 aromatic heterocycles. The molecule has 104 valence electrons. The van der Waals surface area contributed by atoms with Crippen LogP contribution in [0.2, 0.25) is 0 Å². The first kappa shape index (κ1) is 13.7. The maximum Gasteiger partial charge on any atom is 0.302 e. The molecule has 0 aliphatic carbocycles. The van der Waals surface area contributed by atoms with Crippen LogP contribution in [-0.2, 0) is 15.0 Å². The number of anilines is 1. The van der Waals surface area contributed by atoms with Crippen molar-refractivity contribution >= 4 is 21.9 Å². The maximum absolute atomic E-state index is 12.6. The number of amides is 1. The number of rotatable bonds is 4. The number of hydrogen-bond acceptors (Lipinski definition) is 6. The first-order valence-corrected chi connectivity index (χ1v) is 7.03. The average Bonchev–Trinajstić information content (AvgIpc) is 2.68. The Hall–Kier alpha value is -1.77. The molecule has 1 amide bonds. The van der Waals surface area contributed by atoms with Crippen molar-refractivity contribution in [2.75, 3.05) is 24.3 Å². The highest BCUT2D eigenvalue weighted by atomic mass is 32.3. The highest BCUT2D eigenvalue weighted by Gasteiger charge is 2.34. The van der Waals surface area contributed by atoms with Crippen LogP contribution in [-0.4, -0.2) is 43.7 Å². The molecule has 0 radical (unpaired) electrons. The SMILES string of the molecule is COc1cncc(N2CC(CS(=O)(=O)F)CC2=O)n1. The van der Waals surface area contributed by atoms with E-state index in [1.165, 1.54) is 24.4 Å². The molecular formula is C10H12FN3O4S. The largest absolute Gasteiger partial charge is 0.480 e. The standard InChI is InChI=1S/C10H12FN3O4S/c1-18-9-4-12-3-8(13-9)14-5-7(2-10(14)15)6-19(11,16)17/h3-4,7H,2,5-6H2,1H3. The Labute approximate surface area is 109 Å². The third kappa shape index (κ3) is 3.37. The van der Waals surface area contributed by atoms with Crippen LogP contribution in [0.15, 0.2) is 12.4 Å². The number of halogens is 1. The van der Waals surface area contributed by atoms with E-state index in [2.05, 4.69) is 9.97 Å². The van der Waals surface area contributed by atoms with Gasteiger partial charge < -0.3 is 4.74 Å². The van der Waals surface area contributed by atoms with Gasteiger partial charge in [0.2, 0.25) is 11.8 Å². The predicted molar refractivity (Wildman–Crippen MR) is 63.9 cm³/mol. The molecule has 1 saturated heterocycles. The molecule has 1 aliphatic rings. The molecule has 19 heavy (non-hydrogen) atoms. The summed E-state index contributed by atoms with van der Waals surface area (Å²) in [4.78, 5) is 20.9. The van der Waals surface area contributed by atoms with Crippen molar-refractivity contribution in [1.82, 2.24) is 9.97 Å². The van der Waals surface area contributed by atoms with Crippen LogP contribution < -0.4 is 9.64 Å². The minimum absolute atomic E-state index is 0.0258. The van der Waals surface area contributed by atoms with Gasteiger partial charge in [-0.05, 0) is 0 Å². The third-order valence-corrected chi connectivity index (χ3v) is 3.59. The molecule has 0 spiro atoms. The van der Waals surface area contributed by atoms with Crippen LogP contribution in [0, 0.1) is 5.92 Å². The fourth-order valence-electron chi connectivity index (χ4n) is 1.96. The van der Waals surface area contributed by atoms with Gasteiger partial charge in [-0.1, -0.05) is 0 Å². The first-order valence-electron chi connectivity index (χ1n) is 5.48. The van der Waals surface area contributed by atoms with E-state index in [0.29, 0.717) is 0 Å². The van der Waals surface area contributed by atoms with Crippen molar-refractivity contribution in [3.8, 4) is 5.88 Å². The average molecular weight is 289 g/mol. The highest BCUT2D eigenvalue weighted by molar-refractivity contribution is 7.86. The lowest BCUT2D eigenvalue weighted by molar-refractivity contribution is -0.117. The number of aromatic nitrogens is 2. The lowest BCUT2D eigenvalue weighted by atomic mass is 10.1. The van der Waals surface area contributed by atoms with Crippen LogP contribution in [0.25, 0.3) is 0 Å². The molecule has 0 N–H and O–H groups in total. The molecule has 2 rings (SSSR count). The second-order valence-electron chi connectivity index (χ2n) is 4.20. The van der Waals surface area contributed by atoms with Crippen LogP contribution in [0.1, 0.15) is 6.42 Å². The fraction of sp³-hybridized carbons (Fsp3) is 0.500. The summed E-state index contributed by atoms with van der Waals surface area (Å²) in [6, 6.07) is 0. The Kier molecular flexibility index (Phi) is 3.65. The van der Waals surface area contributed by atoms with E-state index in [-0.39, 0.29) is 30.6 Å².